The van der Waals surface area contributed by atoms with E-state index in [-0.39, 0.29) is 18.4 Å². The fourth-order valence-electron chi connectivity index (χ4n) is 2.21. The van der Waals surface area contributed by atoms with E-state index in [0.29, 0.717) is 6.04 Å². The first kappa shape index (κ1) is 15.0. The second-order valence-electron chi connectivity index (χ2n) is 4.88. The zero-order valence-electron chi connectivity index (χ0n) is 11.3. The summed E-state index contributed by atoms with van der Waals surface area (Å²) in [7, 11) is 1.34. The number of carbonyl (C=O) groups is 2. The summed E-state index contributed by atoms with van der Waals surface area (Å²) in [6.45, 7) is 1.84. The molecule has 0 saturated heterocycles. The molecule has 1 rings (SSSR count). The van der Waals surface area contributed by atoms with Crippen LogP contribution in [0, 0.1) is 0 Å². The molecule has 1 aliphatic carbocycles. The summed E-state index contributed by atoms with van der Waals surface area (Å²) in [6, 6.07) is -0.148. The molecule has 0 aliphatic heterocycles. The van der Waals surface area contributed by atoms with E-state index >= 15 is 0 Å². The third-order valence-electron chi connectivity index (χ3n) is 3.34. The first-order valence-corrected chi connectivity index (χ1v) is 6.74. The second-order valence-corrected chi connectivity index (χ2v) is 4.88. The lowest BCUT2D eigenvalue weighted by atomic mass is 10.1. The van der Waals surface area contributed by atoms with Crippen LogP contribution in [0.4, 0.5) is 0 Å². The highest BCUT2D eigenvalue weighted by Gasteiger charge is 2.17. The van der Waals surface area contributed by atoms with Gasteiger partial charge in [-0.1, -0.05) is 25.7 Å². The average molecular weight is 256 g/mol. The Morgan fingerprint density at radius 3 is 2.39 bits per heavy atom. The molecule has 1 fully saturated rings. The number of rotatable bonds is 5. The van der Waals surface area contributed by atoms with Crippen molar-refractivity contribution in [2.24, 2.45) is 0 Å². The summed E-state index contributed by atoms with van der Waals surface area (Å²) in [5, 5.41) is 5.87. The molecule has 0 aromatic heterocycles. The molecule has 5 heteroatoms. The van der Waals surface area contributed by atoms with Crippen LogP contribution in [0.5, 0.6) is 0 Å². The molecule has 1 aliphatic rings. The van der Waals surface area contributed by atoms with Crippen molar-refractivity contribution in [2.75, 3.05) is 13.7 Å². The van der Waals surface area contributed by atoms with Crippen molar-refractivity contribution in [3.05, 3.63) is 0 Å². The molecule has 1 unspecified atom stereocenters. The molecule has 2 N–H and O–H groups in total. The summed E-state index contributed by atoms with van der Waals surface area (Å²) in [5.74, 6) is -0.394. The van der Waals surface area contributed by atoms with Crippen LogP contribution in [-0.2, 0) is 14.3 Å². The molecule has 1 amide bonds. The van der Waals surface area contributed by atoms with Crippen LogP contribution in [-0.4, -0.2) is 37.6 Å². The van der Waals surface area contributed by atoms with Gasteiger partial charge in [-0.25, -0.2) is 0 Å². The van der Waals surface area contributed by atoms with Gasteiger partial charge in [-0.15, -0.1) is 0 Å². The van der Waals surface area contributed by atoms with Gasteiger partial charge in [0.15, 0.2) is 0 Å². The molecule has 1 atom stereocenters. The second kappa shape index (κ2) is 8.08. The number of ether oxygens (including phenoxy) is 1. The normalized spacial score (nSPS) is 18.8. The molecule has 1 saturated carbocycles. The van der Waals surface area contributed by atoms with Crippen LogP contribution >= 0.6 is 0 Å². The van der Waals surface area contributed by atoms with E-state index in [1.807, 2.05) is 0 Å². The predicted octanol–water partition coefficient (Wildman–Crippen LogP) is 0.976. The number of methoxy groups -OCH3 is 1. The Labute approximate surface area is 109 Å². The lowest BCUT2D eigenvalue weighted by Crippen LogP contribution is -2.44. The highest BCUT2D eigenvalue weighted by atomic mass is 16.5. The van der Waals surface area contributed by atoms with Crippen molar-refractivity contribution in [2.45, 2.75) is 57.5 Å². The summed E-state index contributed by atoms with van der Waals surface area (Å²) in [5.41, 5.74) is 0. The number of carbonyl (C=O) groups excluding carboxylic acids is 2. The number of hydrogen-bond acceptors (Lipinski definition) is 4. The minimum Gasteiger partial charge on any atom is -0.468 e. The Kier molecular flexibility index (Phi) is 6.72. The summed E-state index contributed by atoms with van der Waals surface area (Å²) in [4.78, 5) is 22.9. The summed E-state index contributed by atoms with van der Waals surface area (Å²) >= 11 is 0. The van der Waals surface area contributed by atoms with E-state index in [2.05, 4.69) is 15.4 Å². The van der Waals surface area contributed by atoms with Crippen molar-refractivity contribution < 1.29 is 14.3 Å². The SMILES string of the molecule is COC(=O)C(C)NCC(=O)NC1CCCCCC1. The van der Waals surface area contributed by atoms with Crippen molar-refractivity contribution in [1.29, 1.82) is 0 Å². The fraction of sp³-hybridized carbons (Fsp3) is 0.846. The van der Waals surface area contributed by atoms with Crippen LogP contribution < -0.4 is 10.6 Å². The summed E-state index contributed by atoms with van der Waals surface area (Å²) < 4.78 is 4.58. The Morgan fingerprint density at radius 1 is 1.22 bits per heavy atom. The van der Waals surface area contributed by atoms with Crippen LogP contribution in [0.15, 0.2) is 0 Å². The molecule has 0 heterocycles. The average Bonchev–Trinajstić information content (AvgIpc) is 2.63. The van der Waals surface area contributed by atoms with E-state index in [0.717, 1.165) is 12.8 Å². The molecule has 0 aromatic carbocycles. The van der Waals surface area contributed by atoms with Gasteiger partial charge in [-0.2, -0.15) is 0 Å². The largest absolute Gasteiger partial charge is 0.468 e. The molecule has 0 aromatic rings. The predicted molar refractivity (Wildman–Crippen MR) is 69.1 cm³/mol. The highest BCUT2D eigenvalue weighted by molar-refractivity contribution is 5.80. The van der Waals surface area contributed by atoms with Crippen LogP contribution in [0.3, 0.4) is 0 Å². The van der Waals surface area contributed by atoms with Crippen molar-refractivity contribution in [3.63, 3.8) is 0 Å². The van der Waals surface area contributed by atoms with Gasteiger partial charge in [0.25, 0.3) is 0 Å². The van der Waals surface area contributed by atoms with Gasteiger partial charge in [0.2, 0.25) is 5.91 Å². The molecule has 104 valence electrons. The fourth-order valence-corrected chi connectivity index (χ4v) is 2.21. The van der Waals surface area contributed by atoms with Crippen molar-refractivity contribution >= 4 is 11.9 Å². The van der Waals surface area contributed by atoms with E-state index in [4.69, 9.17) is 0 Å². The van der Waals surface area contributed by atoms with Gasteiger partial charge >= 0.3 is 5.97 Å². The zero-order valence-corrected chi connectivity index (χ0v) is 11.3. The van der Waals surface area contributed by atoms with Crippen LogP contribution in [0.25, 0.3) is 0 Å². The third-order valence-corrected chi connectivity index (χ3v) is 3.34. The van der Waals surface area contributed by atoms with Crippen molar-refractivity contribution in [1.82, 2.24) is 10.6 Å². The first-order chi connectivity index (χ1) is 8.63. The Hall–Kier alpha value is -1.10. The van der Waals surface area contributed by atoms with Crippen molar-refractivity contribution in [3.8, 4) is 0 Å². The minimum absolute atomic E-state index is 0.0438. The topological polar surface area (TPSA) is 67.4 Å². The summed E-state index contributed by atoms with van der Waals surface area (Å²) in [6.07, 6.45) is 7.05. The van der Waals surface area contributed by atoms with E-state index < -0.39 is 6.04 Å². The maximum atomic E-state index is 11.7. The quantitative estimate of drug-likeness (QED) is 0.568. The Balaban J connectivity index is 2.22. The van der Waals surface area contributed by atoms with Crippen LogP contribution in [0.2, 0.25) is 0 Å². The maximum absolute atomic E-state index is 11.7. The molecule has 5 nitrogen and oxygen atoms in total. The van der Waals surface area contributed by atoms with Gasteiger partial charge < -0.3 is 10.1 Å². The lowest BCUT2D eigenvalue weighted by molar-refractivity contribution is -0.142. The zero-order chi connectivity index (χ0) is 13.4. The minimum atomic E-state index is -0.449. The number of nitrogens with one attached hydrogen (secondary N) is 2. The molecule has 0 bridgehead atoms. The van der Waals surface area contributed by atoms with E-state index in [1.54, 1.807) is 6.92 Å². The van der Waals surface area contributed by atoms with Gasteiger partial charge in [0.1, 0.15) is 6.04 Å². The highest BCUT2D eigenvalue weighted by Crippen LogP contribution is 2.16. The number of hydrogen-bond donors (Lipinski definition) is 2. The molecule has 18 heavy (non-hydrogen) atoms. The lowest BCUT2D eigenvalue weighted by Gasteiger charge is -2.17. The molecule has 0 spiro atoms. The number of esters is 1. The van der Waals surface area contributed by atoms with E-state index in [9.17, 15) is 9.59 Å². The standard InChI is InChI=1S/C13H24N2O3/c1-10(13(17)18-2)14-9-12(16)15-11-7-5-3-4-6-8-11/h10-11,14H,3-9H2,1-2H3,(H,15,16). The first-order valence-electron chi connectivity index (χ1n) is 6.74. The van der Waals surface area contributed by atoms with Gasteiger partial charge in [0, 0.05) is 6.04 Å². The Bertz CT molecular complexity index is 273. The molecular weight excluding hydrogens is 232 g/mol. The maximum Gasteiger partial charge on any atom is 0.322 e. The van der Waals surface area contributed by atoms with Crippen LogP contribution in [0.1, 0.15) is 45.4 Å². The third kappa shape index (κ3) is 5.49. The molecule has 0 radical (unpaired) electrons. The Morgan fingerprint density at radius 2 is 1.83 bits per heavy atom. The van der Waals surface area contributed by atoms with E-state index in [1.165, 1.54) is 32.8 Å². The monoisotopic (exact) mass is 256 g/mol. The van der Waals surface area contributed by atoms with Gasteiger partial charge in [-0.3, -0.25) is 14.9 Å². The van der Waals surface area contributed by atoms with Gasteiger partial charge in [0.05, 0.1) is 13.7 Å². The smallest absolute Gasteiger partial charge is 0.322 e. The molecular formula is C13H24N2O3. The number of amides is 1. The van der Waals surface area contributed by atoms with Gasteiger partial charge in [-0.05, 0) is 19.8 Å².